The van der Waals surface area contributed by atoms with E-state index in [4.69, 9.17) is 61.6 Å². The second kappa shape index (κ2) is 25.5. The van der Waals surface area contributed by atoms with Gasteiger partial charge in [-0.25, -0.2) is 0 Å². The summed E-state index contributed by atoms with van der Waals surface area (Å²) in [6.45, 7) is -4.20. The van der Waals surface area contributed by atoms with Crippen LogP contribution in [0.1, 0.15) is 26.2 Å². The van der Waals surface area contributed by atoms with Crippen LogP contribution in [0.4, 0.5) is 0 Å². The molecule has 0 amide bonds. The van der Waals surface area contributed by atoms with E-state index >= 15 is 0 Å². The van der Waals surface area contributed by atoms with Gasteiger partial charge in [0.2, 0.25) is 0 Å². The number of hydrogen-bond acceptors (Lipinski definition) is 31. The molecule has 0 spiro atoms. The zero-order valence-electron chi connectivity index (χ0n) is 38.6. The fourth-order valence-electron chi connectivity index (χ4n) is 9.70. The minimum absolute atomic E-state index is 0.00859. The van der Waals surface area contributed by atoms with Gasteiger partial charge in [0.1, 0.15) is 146 Å². The van der Waals surface area contributed by atoms with Gasteiger partial charge in [-0.3, -0.25) is 0 Å². The van der Waals surface area contributed by atoms with E-state index in [2.05, 4.69) is 0 Å². The Kier molecular flexibility index (Phi) is 20.7. The maximum atomic E-state index is 11.8. The molecule has 22 rings (SSSR count). The molecule has 72 heavy (non-hydrogen) atoms. The van der Waals surface area contributed by atoms with Crippen LogP contribution in [-0.4, -0.2) is 322 Å². The molecule has 22 heterocycles. The first-order chi connectivity index (χ1) is 34.4. The third-order valence-electron chi connectivity index (χ3n) is 13.8. The first-order valence-corrected chi connectivity index (χ1v) is 23.7. The Morgan fingerprint density at radius 2 is 0.542 bits per heavy atom. The molecular weight excluding hydrogens is 988 g/mol. The van der Waals surface area contributed by atoms with E-state index in [-0.39, 0.29) is 6.42 Å². The van der Waals surface area contributed by atoms with E-state index in [1.807, 2.05) is 6.92 Å². The van der Waals surface area contributed by atoms with Crippen molar-refractivity contribution < 1.29 is 153 Å². The summed E-state index contributed by atoms with van der Waals surface area (Å²) in [6, 6.07) is 0. The van der Waals surface area contributed by atoms with Crippen LogP contribution in [0.5, 0.6) is 0 Å². The lowest BCUT2D eigenvalue weighted by atomic mass is 9.94. The molecule has 0 radical (unpaired) electrons. The van der Waals surface area contributed by atoms with Gasteiger partial charge in [-0.2, -0.15) is 0 Å². The number of unbranched alkanes of at least 4 members (excludes halogenated alkanes) is 1. The minimum Gasteiger partial charge on any atom is -0.394 e. The monoisotopic (exact) mass is 1060 g/mol. The summed E-state index contributed by atoms with van der Waals surface area (Å²) in [5.74, 6) is 0. The molecular formula is C41H70O31. The smallest absolute Gasteiger partial charge is 0.187 e. The zero-order valence-corrected chi connectivity index (χ0v) is 38.6. The first-order valence-electron chi connectivity index (χ1n) is 23.7. The number of ether oxygens (including phenoxy) is 13. The molecule has 420 valence electrons. The Morgan fingerprint density at radius 3 is 0.778 bits per heavy atom. The summed E-state index contributed by atoms with van der Waals surface area (Å²) in [5, 5.41) is 198. The molecule has 22 saturated heterocycles. The molecule has 22 fully saturated rings. The summed E-state index contributed by atoms with van der Waals surface area (Å²) >= 11 is 0. The Hall–Kier alpha value is -1.24. The van der Waals surface area contributed by atoms with Gasteiger partial charge in [-0.15, -0.1) is 0 Å². The van der Waals surface area contributed by atoms with Gasteiger partial charge in [-0.1, -0.05) is 13.3 Å². The number of rotatable bonds is 11. The molecule has 22 aliphatic heterocycles. The zero-order chi connectivity index (χ0) is 52.5. The molecule has 31 nitrogen and oxygen atoms in total. The largest absolute Gasteiger partial charge is 0.394 e. The van der Waals surface area contributed by atoms with Crippen molar-refractivity contribution in [1.29, 1.82) is 0 Å². The Bertz CT molecular complexity index is 1630. The van der Waals surface area contributed by atoms with E-state index in [1.165, 1.54) is 0 Å². The highest BCUT2D eigenvalue weighted by molar-refractivity contribution is 5.01. The molecule has 0 aromatic carbocycles. The lowest BCUT2D eigenvalue weighted by Crippen LogP contribution is -2.69. The van der Waals surface area contributed by atoms with E-state index in [9.17, 15) is 91.9 Å². The maximum absolute atomic E-state index is 11.8. The minimum atomic E-state index is -2.16. The highest BCUT2D eigenvalue weighted by atomic mass is 16.8. The van der Waals surface area contributed by atoms with Crippen molar-refractivity contribution in [3.63, 3.8) is 0 Å². The topological polar surface area (TPSA) is 484 Å². The maximum Gasteiger partial charge on any atom is 0.187 e. The van der Waals surface area contributed by atoms with Gasteiger partial charge in [0.05, 0.1) is 39.6 Å². The average Bonchev–Trinajstić information content (AvgIpc) is 3.37. The Morgan fingerprint density at radius 1 is 0.319 bits per heavy atom. The molecule has 31 heteroatoms. The molecule has 0 aromatic heterocycles. The van der Waals surface area contributed by atoms with E-state index in [0.29, 0.717) is 12.8 Å². The highest BCUT2D eigenvalue weighted by Crippen LogP contribution is 2.38. The van der Waals surface area contributed by atoms with Gasteiger partial charge in [-0.05, 0) is 12.8 Å². The van der Waals surface area contributed by atoms with Crippen LogP contribution < -0.4 is 0 Å². The molecule has 0 saturated carbocycles. The average molecular weight is 1060 g/mol. The number of hydrogen-bond donors (Lipinski definition) is 18. The van der Waals surface area contributed by atoms with E-state index in [1.54, 1.807) is 0 Å². The van der Waals surface area contributed by atoms with Crippen molar-refractivity contribution in [3.8, 4) is 0 Å². The molecule has 1 unspecified atom stereocenters. The number of aliphatic hydroxyl groups is 18. The molecule has 0 aliphatic carbocycles. The van der Waals surface area contributed by atoms with Gasteiger partial charge >= 0.3 is 0 Å². The van der Waals surface area contributed by atoms with Gasteiger partial charge in [0, 0.05) is 0 Å². The lowest BCUT2D eigenvalue weighted by molar-refractivity contribution is -0.407. The highest BCUT2D eigenvalue weighted by Gasteiger charge is 2.59. The quantitative estimate of drug-likeness (QED) is 0.0854. The van der Waals surface area contributed by atoms with Crippen LogP contribution in [0.15, 0.2) is 0 Å². The Labute approximate surface area is 409 Å². The van der Waals surface area contributed by atoms with Crippen molar-refractivity contribution in [2.45, 2.75) is 217 Å². The normalized spacial score (nSPS) is 52.2. The van der Waals surface area contributed by atoms with Gasteiger partial charge in [0.25, 0.3) is 0 Å². The molecule has 18 N–H and O–H groups in total. The van der Waals surface area contributed by atoms with Crippen molar-refractivity contribution >= 4 is 0 Å². The van der Waals surface area contributed by atoms with Crippen molar-refractivity contribution in [2.75, 3.05) is 39.6 Å². The Balaban J connectivity index is 1.22. The summed E-state index contributed by atoms with van der Waals surface area (Å²) in [7, 11) is 0. The van der Waals surface area contributed by atoms with Crippen LogP contribution >= 0.6 is 0 Å². The molecule has 31 atom stereocenters. The van der Waals surface area contributed by atoms with Gasteiger partial charge < -0.3 is 153 Å². The van der Waals surface area contributed by atoms with Crippen molar-refractivity contribution in [3.05, 3.63) is 0 Å². The van der Waals surface area contributed by atoms with Crippen LogP contribution in [0, 0.1) is 0 Å². The van der Waals surface area contributed by atoms with Crippen molar-refractivity contribution in [1.82, 2.24) is 0 Å². The van der Waals surface area contributed by atoms with E-state index in [0.717, 1.165) is 0 Å². The fraction of sp³-hybridized carbons (Fsp3) is 1.00. The summed E-state index contributed by atoms with van der Waals surface area (Å²) < 4.78 is 75.1. The third kappa shape index (κ3) is 11.9. The predicted molar refractivity (Wildman–Crippen MR) is 220 cm³/mol. The summed E-state index contributed by atoms with van der Waals surface area (Å²) in [4.78, 5) is 0. The molecule has 22 aliphatic rings. The predicted octanol–water partition coefficient (Wildman–Crippen LogP) is -11.5. The van der Waals surface area contributed by atoms with Crippen molar-refractivity contribution in [2.24, 2.45) is 0 Å². The molecule has 12 bridgehead atoms. The van der Waals surface area contributed by atoms with Crippen LogP contribution in [0.2, 0.25) is 0 Å². The second-order valence-electron chi connectivity index (χ2n) is 18.6. The SMILES string of the molecule is CCCCC(O)O[C@@H]1[C@@H](O)[C@H]2O[C@H]3[C@H](O)[C@@H](O)[C@@H](O[C@H]4[C@H](O)[C@@H](O)[C@@H](O[C@H]5[C@H](O)[C@@H](O)[C@@H](O[C@H]6[C@H](O)[C@@H](O)[C@@H](O[C@H]7[C@H](O)[C@@H](O)[C@@H](O[C@H]1[C@@H](CO)O2)O[C@@H]7CO)O[C@@H]6CO)O[C@@H]5CO)O[C@@H]4CO)O[C@@H]3CO. The molecule has 0 aromatic rings. The van der Waals surface area contributed by atoms with Gasteiger partial charge in [0.15, 0.2) is 44.0 Å². The van der Waals surface area contributed by atoms with Crippen LogP contribution in [0.3, 0.4) is 0 Å². The summed E-state index contributed by atoms with van der Waals surface area (Å²) in [5.41, 5.74) is 0. The number of aliphatic hydroxyl groups excluding tert-OH is 18. The summed E-state index contributed by atoms with van der Waals surface area (Å²) in [6.07, 6.45) is -59.0. The lowest BCUT2D eigenvalue weighted by Gasteiger charge is -2.51. The van der Waals surface area contributed by atoms with Crippen LogP contribution in [0.25, 0.3) is 0 Å². The van der Waals surface area contributed by atoms with Crippen LogP contribution in [-0.2, 0) is 61.6 Å². The fourth-order valence-corrected chi connectivity index (χ4v) is 9.70. The van der Waals surface area contributed by atoms with E-state index < -0.39 is 230 Å². The first kappa shape index (κ1) is 58.4. The third-order valence-corrected chi connectivity index (χ3v) is 13.8. The second-order valence-corrected chi connectivity index (χ2v) is 18.6. The standard InChI is InChI=1S/C41H70O31/c1-2-3-4-17(48)66-35-28(59)41-65-16(10-47)34(35)72-40-27(58)22(53)32(14(8-45)64-40)70-38-25(56)20(51)30(12(6-43)62-38)68-36-23(54)18(49)29(11(5-42)60-36)67-37-24(55)19(50)31(13(7-44)61-37)69-39-26(57)21(52)33(71-41)15(9-46)63-39/h11-59H,2-10H2,1H3/t11-,12-,13-,14-,15-,16-,17?,18-,19-,20-,21-,22-,23-,24-,25-,26-,27-,28-,29-,30-,31-,32-,33-,34+,35-,36-,37-,38-,39-,40-,41-/m1/s1.